The van der Waals surface area contributed by atoms with Gasteiger partial charge in [-0.2, -0.15) is 0 Å². The van der Waals surface area contributed by atoms with E-state index in [1.54, 1.807) is 24.4 Å². The van der Waals surface area contributed by atoms with Gasteiger partial charge in [-0.3, -0.25) is 24.5 Å². The van der Waals surface area contributed by atoms with Gasteiger partial charge in [0.05, 0.1) is 6.20 Å². The smallest absolute Gasteiger partial charge is 0.255 e. The summed E-state index contributed by atoms with van der Waals surface area (Å²) in [5.41, 5.74) is 1.03. The topological polar surface area (TPSA) is 147 Å². The van der Waals surface area contributed by atoms with Gasteiger partial charge in [-0.15, -0.1) is 5.10 Å². The number of hydrogen-bond acceptors (Lipinski definition) is 7. The van der Waals surface area contributed by atoms with Crippen LogP contribution < -0.4 is 10.6 Å². The SMILES string of the molecule is O=C1CCC(N2Cc3c(NC(=O)Cn4cc(C5(O)CCC5)nn4)cccc3C2=O)C(=O)N1. The van der Waals surface area contributed by atoms with E-state index < -0.39 is 17.6 Å². The van der Waals surface area contributed by atoms with E-state index in [0.29, 0.717) is 35.3 Å². The van der Waals surface area contributed by atoms with Crippen LogP contribution >= 0.6 is 0 Å². The van der Waals surface area contributed by atoms with Crippen LogP contribution in [0.25, 0.3) is 0 Å². The van der Waals surface area contributed by atoms with E-state index in [0.717, 1.165) is 6.42 Å². The van der Waals surface area contributed by atoms with E-state index in [9.17, 15) is 24.3 Å². The molecule has 11 nitrogen and oxygen atoms in total. The molecule has 5 rings (SSSR count). The highest BCUT2D eigenvalue weighted by Gasteiger charge is 2.40. The fourth-order valence-corrected chi connectivity index (χ4v) is 4.40. The average Bonchev–Trinajstić information content (AvgIpc) is 3.32. The lowest BCUT2D eigenvalue weighted by molar-refractivity contribution is -0.137. The normalized spacial score (nSPS) is 21.7. The Morgan fingerprint density at radius 1 is 1.28 bits per heavy atom. The van der Waals surface area contributed by atoms with Crippen LogP contribution in [0.1, 0.15) is 53.7 Å². The zero-order valence-electron chi connectivity index (χ0n) is 17.2. The van der Waals surface area contributed by atoms with Crippen molar-refractivity contribution in [2.45, 2.75) is 56.8 Å². The van der Waals surface area contributed by atoms with E-state index in [1.165, 1.54) is 9.58 Å². The van der Waals surface area contributed by atoms with Crippen molar-refractivity contribution in [2.24, 2.45) is 0 Å². The summed E-state index contributed by atoms with van der Waals surface area (Å²) in [4.78, 5) is 50.6. The lowest BCUT2D eigenvalue weighted by Gasteiger charge is -2.34. The number of anilines is 1. The van der Waals surface area contributed by atoms with Crippen molar-refractivity contribution in [1.82, 2.24) is 25.2 Å². The van der Waals surface area contributed by atoms with Crippen molar-refractivity contribution >= 4 is 29.3 Å². The first kappa shape index (κ1) is 20.3. The standard InChI is InChI=1S/C21H22N6O5/c28-17-6-5-15(19(30)23-17)27-9-13-12(20(27)31)3-1-4-14(13)22-18(29)11-26-10-16(24-25-26)21(32)7-2-8-21/h1,3-4,10,15,32H,2,5-9,11H2,(H,22,29)(H,23,28,30). The maximum absolute atomic E-state index is 12.9. The number of benzene rings is 1. The van der Waals surface area contributed by atoms with Crippen molar-refractivity contribution in [2.75, 3.05) is 5.32 Å². The molecule has 1 aliphatic carbocycles. The summed E-state index contributed by atoms with van der Waals surface area (Å²) in [6, 6.07) is 4.30. The molecule has 4 amide bonds. The third-order valence-corrected chi connectivity index (χ3v) is 6.36. The van der Waals surface area contributed by atoms with Crippen LogP contribution in [0.3, 0.4) is 0 Å². The summed E-state index contributed by atoms with van der Waals surface area (Å²) >= 11 is 0. The summed E-state index contributed by atoms with van der Waals surface area (Å²) in [6.07, 6.45) is 4.21. The van der Waals surface area contributed by atoms with Crippen LogP contribution in [0.4, 0.5) is 5.69 Å². The second-order valence-electron chi connectivity index (χ2n) is 8.47. The summed E-state index contributed by atoms with van der Waals surface area (Å²) in [5, 5.41) is 23.4. The van der Waals surface area contributed by atoms with Gasteiger partial charge in [0.2, 0.25) is 17.7 Å². The van der Waals surface area contributed by atoms with Gasteiger partial charge in [0.1, 0.15) is 23.9 Å². The molecule has 1 aromatic carbocycles. The molecule has 0 spiro atoms. The third kappa shape index (κ3) is 3.44. The van der Waals surface area contributed by atoms with Crippen LogP contribution in [0.5, 0.6) is 0 Å². The van der Waals surface area contributed by atoms with Crippen LogP contribution in [0.15, 0.2) is 24.4 Å². The van der Waals surface area contributed by atoms with Crippen LogP contribution in [0, 0.1) is 0 Å². The van der Waals surface area contributed by atoms with Gasteiger partial charge in [-0.05, 0) is 37.8 Å². The predicted octanol–water partition coefficient (Wildman–Crippen LogP) is 0.0493. The Kier molecular flexibility index (Phi) is 4.77. The van der Waals surface area contributed by atoms with Gasteiger partial charge in [0.15, 0.2) is 0 Å². The van der Waals surface area contributed by atoms with Crippen molar-refractivity contribution in [3.8, 4) is 0 Å². The van der Waals surface area contributed by atoms with Crippen molar-refractivity contribution < 1.29 is 24.3 Å². The van der Waals surface area contributed by atoms with E-state index in [1.807, 2.05) is 0 Å². The Morgan fingerprint density at radius 3 is 2.81 bits per heavy atom. The number of aromatic nitrogens is 3. The second-order valence-corrected chi connectivity index (χ2v) is 8.47. The lowest BCUT2D eigenvalue weighted by Crippen LogP contribution is -2.52. The number of carbonyl (C=O) groups is 4. The van der Waals surface area contributed by atoms with E-state index in [4.69, 9.17) is 0 Å². The molecule has 2 aromatic rings. The molecule has 1 atom stereocenters. The fraction of sp³-hybridized carbons (Fsp3) is 0.429. The Morgan fingerprint density at radius 2 is 2.09 bits per heavy atom. The molecular weight excluding hydrogens is 416 g/mol. The molecule has 2 aliphatic heterocycles. The molecule has 0 bridgehead atoms. The van der Waals surface area contributed by atoms with Gasteiger partial charge in [-0.25, -0.2) is 4.68 Å². The Bertz CT molecular complexity index is 1140. The minimum absolute atomic E-state index is 0.0997. The summed E-state index contributed by atoms with van der Waals surface area (Å²) in [7, 11) is 0. The maximum Gasteiger partial charge on any atom is 0.255 e. The Balaban J connectivity index is 1.29. The molecule has 0 radical (unpaired) electrons. The fourth-order valence-electron chi connectivity index (χ4n) is 4.40. The molecule has 2 fully saturated rings. The first-order valence-electron chi connectivity index (χ1n) is 10.5. The van der Waals surface area contributed by atoms with E-state index >= 15 is 0 Å². The van der Waals surface area contributed by atoms with Crippen molar-refractivity contribution in [1.29, 1.82) is 0 Å². The highest BCUT2D eigenvalue weighted by molar-refractivity contribution is 6.06. The molecule has 166 valence electrons. The summed E-state index contributed by atoms with van der Waals surface area (Å²) in [5.74, 6) is -1.49. The van der Waals surface area contributed by atoms with Gasteiger partial charge in [0, 0.05) is 29.8 Å². The number of piperidine rings is 1. The van der Waals surface area contributed by atoms with Crippen LogP contribution in [0.2, 0.25) is 0 Å². The van der Waals surface area contributed by atoms with E-state index in [-0.39, 0.29) is 43.7 Å². The molecule has 3 N–H and O–H groups in total. The number of imide groups is 1. The molecule has 1 unspecified atom stereocenters. The summed E-state index contributed by atoms with van der Waals surface area (Å²) in [6.45, 7) is 0.0644. The van der Waals surface area contributed by atoms with E-state index in [2.05, 4.69) is 20.9 Å². The monoisotopic (exact) mass is 438 g/mol. The number of nitrogens with zero attached hydrogens (tertiary/aromatic N) is 4. The number of carbonyl (C=O) groups excluding carboxylic acids is 4. The first-order chi connectivity index (χ1) is 15.3. The lowest BCUT2D eigenvalue weighted by atomic mass is 9.78. The minimum atomic E-state index is -0.950. The molecule has 1 aromatic heterocycles. The highest BCUT2D eigenvalue weighted by Crippen LogP contribution is 2.39. The molecular formula is C21H22N6O5. The van der Waals surface area contributed by atoms with Gasteiger partial charge < -0.3 is 15.3 Å². The summed E-state index contributed by atoms with van der Waals surface area (Å²) < 4.78 is 1.37. The zero-order valence-corrected chi connectivity index (χ0v) is 17.2. The molecule has 11 heteroatoms. The number of aliphatic hydroxyl groups is 1. The Labute approximate surface area is 182 Å². The molecule has 3 heterocycles. The molecule has 3 aliphatic rings. The number of hydrogen-bond donors (Lipinski definition) is 3. The molecule has 32 heavy (non-hydrogen) atoms. The number of nitrogens with one attached hydrogen (secondary N) is 2. The van der Waals surface area contributed by atoms with Gasteiger partial charge in [0.25, 0.3) is 5.91 Å². The Hall–Kier alpha value is -3.60. The minimum Gasteiger partial charge on any atom is -0.383 e. The third-order valence-electron chi connectivity index (χ3n) is 6.36. The van der Waals surface area contributed by atoms with Crippen LogP contribution in [-0.2, 0) is 33.1 Å². The predicted molar refractivity (Wildman–Crippen MR) is 109 cm³/mol. The number of rotatable bonds is 5. The van der Waals surface area contributed by atoms with Crippen molar-refractivity contribution in [3.05, 3.63) is 41.2 Å². The maximum atomic E-state index is 12.9. The van der Waals surface area contributed by atoms with Gasteiger partial charge in [-0.1, -0.05) is 11.3 Å². The number of fused-ring (bicyclic) bond motifs is 1. The zero-order chi connectivity index (χ0) is 22.5. The molecule has 1 saturated carbocycles. The second kappa shape index (κ2) is 7.52. The van der Waals surface area contributed by atoms with Crippen molar-refractivity contribution in [3.63, 3.8) is 0 Å². The quantitative estimate of drug-likeness (QED) is 0.559. The largest absolute Gasteiger partial charge is 0.383 e. The van der Waals surface area contributed by atoms with Gasteiger partial charge >= 0.3 is 0 Å². The highest BCUT2D eigenvalue weighted by atomic mass is 16.3. The number of amides is 4. The first-order valence-corrected chi connectivity index (χ1v) is 10.5. The average molecular weight is 438 g/mol. The molecule has 1 saturated heterocycles. The van der Waals surface area contributed by atoms with Crippen LogP contribution in [-0.4, -0.2) is 54.7 Å².